The fourth-order valence-electron chi connectivity index (χ4n) is 0.107. The van der Waals surface area contributed by atoms with Crippen molar-refractivity contribution in [2.75, 3.05) is 6.54 Å². The summed E-state index contributed by atoms with van der Waals surface area (Å²) in [4.78, 5) is 0. The van der Waals surface area contributed by atoms with E-state index in [-0.39, 0.29) is 0 Å². The lowest BCUT2D eigenvalue weighted by molar-refractivity contribution is 1.16. The maximum Gasteiger partial charge on any atom is 0.0980 e. The van der Waals surface area contributed by atoms with E-state index in [4.69, 9.17) is 1.28 Å². The number of hydrogen-bond acceptors (Lipinski definition) is 1. The Morgan fingerprint density at radius 2 is 2.50 bits per heavy atom. The van der Waals surface area contributed by atoms with Gasteiger partial charge in [0.05, 0.1) is 4.22 Å². The number of hydrogen-bond donors (Lipinski definition) is 0. The summed E-state index contributed by atoms with van der Waals surface area (Å²) >= 11 is 4.15. The van der Waals surface area contributed by atoms with Crippen molar-refractivity contribution in [2.24, 2.45) is 4.74 Å². The highest BCUT2D eigenvalue weighted by Gasteiger charge is 1.70. The van der Waals surface area contributed by atoms with Crippen LogP contribution in [-0.4, -0.2) is 7.82 Å². The highest BCUT2D eigenvalue weighted by Crippen LogP contribution is 2.43. The van der Waals surface area contributed by atoms with E-state index in [2.05, 4.69) is 48.8 Å². The Kier molecular flexibility index (Phi) is 4.69. The third-order valence-electron chi connectivity index (χ3n) is 0.248. The van der Waals surface area contributed by atoms with Crippen LogP contribution in [0.1, 0.15) is 6.92 Å². The Morgan fingerprint density at radius 1 is 2.00 bits per heavy atom. The van der Waals surface area contributed by atoms with Gasteiger partial charge in [-0.3, -0.25) is 4.74 Å². The van der Waals surface area contributed by atoms with Crippen molar-refractivity contribution in [3.8, 4) is 0 Å². The molecular weight excluding hydrogens is 323 g/mol. The summed E-state index contributed by atoms with van der Waals surface area (Å²) in [5, 5.41) is 0. The number of rotatable bonds is 1. The molecule has 0 aromatic carbocycles. The molecule has 0 aliphatic heterocycles. The molecule has 0 aliphatic carbocycles. The molecule has 0 unspecified atom stereocenters. The molecular formula is C2H6I2NP. The number of halogens is 2. The van der Waals surface area contributed by atoms with E-state index < -0.39 is 2.94 Å². The molecule has 0 saturated carbocycles. The van der Waals surface area contributed by atoms with Crippen LogP contribution >= 0.6 is 47.0 Å². The predicted octanol–water partition coefficient (Wildman–Crippen LogP) is 3.10. The van der Waals surface area contributed by atoms with Crippen LogP contribution in [0.2, 0.25) is 0 Å². The van der Waals surface area contributed by atoms with Gasteiger partial charge < -0.3 is 0 Å². The predicted molar refractivity (Wildman–Crippen MR) is 49.3 cm³/mol. The standard InChI is InChI=1S/C2H6I2NP/c1-2-5-6(3)4/h6H,2H2,1H3/i6T. The quantitative estimate of drug-likeness (QED) is 0.517. The second-order valence-corrected chi connectivity index (χ2v) is 12.4. The van der Waals surface area contributed by atoms with E-state index in [0.29, 0.717) is 0 Å². The summed E-state index contributed by atoms with van der Waals surface area (Å²) in [6, 6.07) is 0. The van der Waals surface area contributed by atoms with Gasteiger partial charge in [0, 0.05) is 6.54 Å². The topological polar surface area (TPSA) is 12.4 Å². The van der Waals surface area contributed by atoms with Gasteiger partial charge in [-0.05, 0) is 51.0 Å². The average Bonchev–Trinajstić information content (AvgIpc) is 1.30. The monoisotopic (exact) mass is 331 g/mol. The van der Waals surface area contributed by atoms with Crippen LogP contribution in [0.5, 0.6) is 0 Å². The zero-order valence-electron chi connectivity index (χ0n) is 4.36. The van der Waals surface area contributed by atoms with E-state index in [1.807, 2.05) is 6.92 Å². The molecule has 1 nitrogen and oxygen atoms in total. The molecule has 0 aromatic rings. The lowest BCUT2D eigenvalue weighted by Crippen LogP contribution is -1.52. The van der Waals surface area contributed by atoms with Gasteiger partial charge in [0.2, 0.25) is 0 Å². The van der Waals surface area contributed by atoms with Gasteiger partial charge in [0.15, 0.2) is 0 Å². The van der Waals surface area contributed by atoms with Crippen molar-refractivity contribution < 1.29 is 0 Å². The van der Waals surface area contributed by atoms with Crippen molar-refractivity contribution in [3.05, 3.63) is 0 Å². The Balaban J connectivity index is 3.73. The SMILES string of the molecule is [3H]P(I)(I)=NCC. The lowest BCUT2D eigenvalue weighted by Gasteiger charge is -1.78. The first kappa shape index (κ1) is 5.82. The molecule has 0 amide bonds. The summed E-state index contributed by atoms with van der Waals surface area (Å²) < 4.78 is 9.66. The third kappa shape index (κ3) is 5.69. The molecule has 0 spiro atoms. The third-order valence-corrected chi connectivity index (χ3v) is 2.58. The van der Waals surface area contributed by atoms with Crippen LogP contribution in [0.4, 0.5) is 0 Å². The average molecular weight is 331 g/mol. The molecule has 38 valence electrons. The van der Waals surface area contributed by atoms with Crippen molar-refractivity contribution >= 4 is 47.0 Å². The van der Waals surface area contributed by atoms with Crippen LogP contribution in [-0.2, 0) is 0 Å². The van der Waals surface area contributed by atoms with Gasteiger partial charge in [0.25, 0.3) is 0 Å². The van der Waals surface area contributed by atoms with Crippen LogP contribution < -0.4 is 0 Å². The van der Waals surface area contributed by atoms with Crippen LogP contribution in [0.15, 0.2) is 4.74 Å². The van der Waals surface area contributed by atoms with Crippen molar-refractivity contribution in [1.29, 1.82) is 1.28 Å². The minimum Gasteiger partial charge on any atom is -0.286 e. The molecule has 0 radical (unpaired) electrons. The van der Waals surface area contributed by atoms with Crippen LogP contribution in [0.25, 0.3) is 0 Å². The van der Waals surface area contributed by atoms with E-state index in [0.717, 1.165) is 6.54 Å². The number of nitrogens with zero attached hydrogens (tertiary/aromatic N) is 1. The van der Waals surface area contributed by atoms with Gasteiger partial charge in [-0.25, -0.2) is 0 Å². The smallest absolute Gasteiger partial charge is 0.0980 e. The summed E-state index contributed by atoms with van der Waals surface area (Å²) in [5.74, 6) is 0. The lowest BCUT2D eigenvalue weighted by atomic mass is 10.8. The second kappa shape index (κ2) is 4.84. The van der Waals surface area contributed by atoms with Gasteiger partial charge in [-0.15, -0.1) is 0 Å². The van der Waals surface area contributed by atoms with Crippen LogP contribution in [0, 0.1) is 0 Å². The Bertz CT molecular complexity index is 89.6. The highest BCUT2D eigenvalue weighted by atomic mass is 127. The maximum absolute atomic E-state index is 7.25. The molecule has 0 rings (SSSR count). The minimum atomic E-state index is -1.60. The first-order valence-corrected chi connectivity index (χ1v) is 8.43. The molecule has 0 N–H and O–H groups in total. The summed E-state index contributed by atoms with van der Waals surface area (Å²) in [7, 11) is 0. The molecule has 0 aromatic heterocycles. The largest absolute Gasteiger partial charge is 0.286 e. The van der Waals surface area contributed by atoms with Crippen molar-refractivity contribution in [3.63, 3.8) is 0 Å². The zero-order valence-corrected chi connectivity index (χ0v) is 8.57. The van der Waals surface area contributed by atoms with Crippen LogP contribution in [0.3, 0.4) is 0 Å². The van der Waals surface area contributed by atoms with Gasteiger partial charge in [-0.2, -0.15) is 0 Å². The highest BCUT2D eigenvalue weighted by molar-refractivity contribution is 14.3. The first-order valence-electron chi connectivity index (χ1n) is 2.01. The first-order chi connectivity index (χ1) is 3.06. The fraction of sp³-hybridized carbons (Fsp3) is 1.00. The van der Waals surface area contributed by atoms with Gasteiger partial charge in [0.1, 0.15) is 0 Å². The summed E-state index contributed by atoms with van der Waals surface area (Å²) in [5.41, 5.74) is 0. The van der Waals surface area contributed by atoms with Gasteiger partial charge >= 0.3 is 0 Å². The molecule has 0 aliphatic rings. The van der Waals surface area contributed by atoms with Crippen molar-refractivity contribution in [2.45, 2.75) is 6.92 Å². The zero-order chi connectivity index (χ0) is 5.91. The fourth-order valence-corrected chi connectivity index (χ4v) is 2.15. The molecule has 0 fully saturated rings. The Labute approximate surface area is 66.0 Å². The van der Waals surface area contributed by atoms with E-state index in [1.54, 1.807) is 0 Å². The Morgan fingerprint density at radius 3 is 2.50 bits per heavy atom. The van der Waals surface area contributed by atoms with Crippen molar-refractivity contribution in [1.82, 2.24) is 0 Å². The van der Waals surface area contributed by atoms with E-state index in [9.17, 15) is 0 Å². The second-order valence-electron chi connectivity index (χ2n) is 0.673. The maximum atomic E-state index is 7.25. The van der Waals surface area contributed by atoms with Gasteiger partial charge in [-0.1, -0.05) is 0 Å². The minimum absolute atomic E-state index is 0.781. The molecule has 4 heteroatoms. The molecule has 0 bridgehead atoms. The Hall–Kier alpha value is 1.69. The molecule has 0 saturated heterocycles. The molecule has 0 atom stereocenters. The van der Waals surface area contributed by atoms with E-state index >= 15 is 0 Å². The summed E-state index contributed by atoms with van der Waals surface area (Å²) in [6.07, 6.45) is 0. The normalized spacial score (nSPS) is 13.5. The van der Waals surface area contributed by atoms with E-state index in [1.165, 1.54) is 0 Å². The summed E-state index contributed by atoms with van der Waals surface area (Å²) in [6.45, 7) is 2.74. The molecule has 6 heavy (non-hydrogen) atoms. The molecule has 0 heterocycles.